The van der Waals surface area contributed by atoms with E-state index in [0.29, 0.717) is 36.8 Å². The van der Waals surface area contributed by atoms with Crippen LogP contribution in [0.4, 0.5) is 17.1 Å². The minimum absolute atomic E-state index is 0.0409. The van der Waals surface area contributed by atoms with E-state index >= 15 is 0 Å². The second-order valence-corrected chi connectivity index (χ2v) is 11.6. The molecule has 0 unspecified atom stereocenters. The van der Waals surface area contributed by atoms with Crippen molar-refractivity contribution in [2.45, 2.75) is 11.8 Å². The van der Waals surface area contributed by atoms with E-state index < -0.39 is 27.4 Å². The van der Waals surface area contributed by atoms with Crippen molar-refractivity contribution in [3.05, 3.63) is 86.4 Å². The molecule has 0 bridgehead atoms. The van der Waals surface area contributed by atoms with Crippen molar-refractivity contribution >= 4 is 56.2 Å². The fourth-order valence-electron chi connectivity index (χ4n) is 4.34. The quantitative estimate of drug-likeness (QED) is 0.273. The van der Waals surface area contributed by atoms with Gasteiger partial charge < -0.3 is 14.5 Å². The summed E-state index contributed by atoms with van der Waals surface area (Å²) < 4.78 is 34.1. The summed E-state index contributed by atoms with van der Waals surface area (Å²) in [6.45, 7) is 2.74. The maximum Gasteiger partial charge on any atom is 0.273 e. The van der Waals surface area contributed by atoms with Gasteiger partial charge in [-0.25, -0.2) is 8.42 Å². The molecule has 1 saturated heterocycles. The first-order chi connectivity index (χ1) is 18.5. The SMILES string of the molecule is COc1ccc(Cl)cc1N(CC(=O)N1CCN(c2cccc(Cl)c2)CC1)S(=O)(=O)c1ccc(C)c([N+](=O)[O-])c1. The first-order valence-electron chi connectivity index (χ1n) is 11.9. The number of hydrogen-bond donors (Lipinski definition) is 0. The third-order valence-corrected chi connectivity index (χ3v) is 8.69. The van der Waals surface area contributed by atoms with Gasteiger partial charge in [0, 0.05) is 53.5 Å². The van der Waals surface area contributed by atoms with Gasteiger partial charge >= 0.3 is 0 Å². The molecule has 0 aliphatic carbocycles. The highest BCUT2D eigenvalue weighted by atomic mass is 35.5. The molecule has 3 aromatic rings. The summed E-state index contributed by atoms with van der Waals surface area (Å²) in [4.78, 5) is 27.7. The van der Waals surface area contributed by atoms with Crippen LogP contribution in [0.5, 0.6) is 5.75 Å². The average Bonchev–Trinajstić information content (AvgIpc) is 2.91. The maximum absolute atomic E-state index is 13.9. The van der Waals surface area contributed by atoms with Crippen molar-refractivity contribution in [3.63, 3.8) is 0 Å². The third kappa shape index (κ3) is 6.21. The first kappa shape index (κ1) is 28.5. The minimum atomic E-state index is -4.45. The lowest BCUT2D eigenvalue weighted by Crippen LogP contribution is -2.52. The van der Waals surface area contributed by atoms with E-state index in [1.165, 1.54) is 44.4 Å². The van der Waals surface area contributed by atoms with Crippen LogP contribution in [0.25, 0.3) is 0 Å². The Morgan fingerprint density at radius 2 is 1.72 bits per heavy atom. The summed E-state index contributed by atoms with van der Waals surface area (Å²) in [7, 11) is -3.08. The van der Waals surface area contributed by atoms with Crippen LogP contribution in [0, 0.1) is 17.0 Å². The first-order valence-corrected chi connectivity index (χ1v) is 14.1. The largest absolute Gasteiger partial charge is 0.495 e. The number of nitrogens with zero attached hydrogens (tertiary/aromatic N) is 4. The van der Waals surface area contributed by atoms with Gasteiger partial charge in [0.2, 0.25) is 5.91 Å². The molecule has 4 rings (SSSR count). The predicted octanol–water partition coefficient (Wildman–Crippen LogP) is 4.76. The van der Waals surface area contributed by atoms with Crippen LogP contribution in [-0.4, -0.2) is 64.0 Å². The Balaban J connectivity index is 1.65. The van der Waals surface area contributed by atoms with Crippen LogP contribution in [0.3, 0.4) is 0 Å². The number of aryl methyl sites for hydroxylation is 1. The summed E-state index contributed by atoms with van der Waals surface area (Å²) in [5, 5.41) is 12.3. The van der Waals surface area contributed by atoms with Crippen molar-refractivity contribution in [1.29, 1.82) is 0 Å². The van der Waals surface area contributed by atoms with Crippen LogP contribution in [0.2, 0.25) is 10.0 Å². The molecule has 3 aromatic carbocycles. The Hall–Kier alpha value is -3.54. The molecule has 0 atom stereocenters. The van der Waals surface area contributed by atoms with Gasteiger partial charge in [0.15, 0.2) is 0 Å². The number of hydrogen-bond acceptors (Lipinski definition) is 7. The van der Waals surface area contributed by atoms with E-state index in [9.17, 15) is 23.3 Å². The van der Waals surface area contributed by atoms with Gasteiger partial charge in [-0.05, 0) is 49.4 Å². The summed E-state index contributed by atoms with van der Waals surface area (Å²) in [6, 6.07) is 15.4. The molecule has 10 nitrogen and oxygen atoms in total. The van der Waals surface area contributed by atoms with Crippen LogP contribution in [-0.2, 0) is 14.8 Å². The zero-order chi connectivity index (χ0) is 28.3. The molecule has 13 heteroatoms. The molecule has 206 valence electrons. The molecule has 0 spiro atoms. The van der Waals surface area contributed by atoms with Crippen LogP contribution in [0.1, 0.15) is 5.56 Å². The number of nitro benzene ring substituents is 1. The van der Waals surface area contributed by atoms with Gasteiger partial charge in [-0.15, -0.1) is 0 Å². The molecule has 1 fully saturated rings. The van der Waals surface area contributed by atoms with Gasteiger partial charge in [-0.1, -0.05) is 35.3 Å². The fourth-order valence-corrected chi connectivity index (χ4v) is 6.13. The molecule has 39 heavy (non-hydrogen) atoms. The molecule has 0 aromatic heterocycles. The van der Waals surface area contributed by atoms with Gasteiger partial charge in [0.25, 0.3) is 15.7 Å². The number of piperazine rings is 1. The summed E-state index contributed by atoms with van der Waals surface area (Å²) >= 11 is 12.3. The van der Waals surface area contributed by atoms with Gasteiger partial charge in [-0.2, -0.15) is 0 Å². The average molecular weight is 593 g/mol. The molecule has 0 radical (unpaired) electrons. The Labute approximate surface area is 236 Å². The number of benzene rings is 3. The normalized spacial score (nSPS) is 13.7. The monoisotopic (exact) mass is 592 g/mol. The number of methoxy groups -OCH3 is 1. The lowest BCUT2D eigenvalue weighted by atomic mass is 10.2. The van der Waals surface area contributed by atoms with Crippen molar-refractivity contribution in [2.75, 3.05) is 49.0 Å². The molecule has 0 saturated carbocycles. The maximum atomic E-state index is 13.9. The predicted molar refractivity (Wildman–Crippen MR) is 151 cm³/mol. The molecular formula is C26H26Cl2N4O6S. The molecule has 1 aliphatic heterocycles. The molecule has 1 amide bonds. The van der Waals surface area contributed by atoms with Crippen LogP contribution < -0.4 is 13.9 Å². The van der Waals surface area contributed by atoms with E-state index in [0.717, 1.165) is 16.1 Å². The van der Waals surface area contributed by atoms with Gasteiger partial charge in [0.05, 0.1) is 22.6 Å². The lowest BCUT2D eigenvalue weighted by Gasteiger charge is -2.37. The fraction of sp³-hybridized carbons (Fsp3) is 0.269. The Bertz CT molecular complexity index is 1510. The lowest BCUT2D eigenvalue weighted by molar-refractivity contribution is -0.385. The third-order valence-electron chi connectivity index (χ3n) is 6.46. The Morgan fingerprint density at radius 1 is 1.03 bits per heavy atom. The standard InChI is InChI=1S/C26H26Cl2N4O6S/c1-18-6-8-22(16-23(18)32(34)35)39(36,37)31(24-15-20(28)7-9-25(24)38-2)17-26(33)30-12-10-29(11-13-30)21-5-3-4-19(27)14-21/h3-9,14-16H,10-13,17H2,1-2H3. The van der Waals surface area contributed by atoms with E-state index in [4.69, 9.17) is 27.9 Å². The molecule has 0 N–H and O–H groups in total. The van der Waals surface area contributed by atoms with Crippen molar-refractivity contribution in [3.8, 4) is 5.75 Å². The number of carbonyl (C=O) groups is 1. The van der Waals surface area contributed by atoms with Gasteiger partial charge in [0.1, 0.15) is 12.3 Å². The summed E-state index contributed by atoms with van der Waals surface area (Å²) in [6.07, 6.45) is 0. The second-order valence-electron chi connectivity index (χ2n) is 8.88. The number of anilines is 2. The smallest absolute Gasteiger partial charge is 0.273 e. The molecule has 1 aliphatic rings. The van der Waals surface area contributed by atoms with E-state index in [2.05, 4.69) is 4.90 Å². The Kier molecular flexibility index (Phi) is 8.53. The molecule has 1 heterocycles. The zero-order valence-electron chi connectivity index (χ0n) is 21.2. The van der Waals surface area contributed by atoms with E-state index in [1.54, 1.807) is 11.0 Å². The number of carbonyl (C=O) groups excluding carboxylic acids is 1. The van der Waals surface area contributed by atoms with Crippen molar-refractivity contribution < 1.29 is 22.9 Å². The van der Waals surface area contributed by atoms with Gasteiger partial charge in [-0.3, -0.25) is 19.2 Å². The highest BCUT2D eigenvalue weighted by Gasteiger charge is 2.33. The minimum Gasteiger partial charge on any atom is -0.495 e. The number of halogens is 2. The molecular weight excluding hydrogens is 567 g/mol. The number of ether oxygens (including phenoxy) is 1. The Morgan fingerprint density at radius 3 is 2.36 bits per heavy atom. The van der Waals surface area contributed by atoms with Crippen LogP contribution in [0.15, 0.2) is 65.6 Å². The summed E-state index contributed by atoms with van der Waals surface area (Å²) in [5.74, 6) is -0.267. The number of nitro groups is 1. The number of rotatable bonds is 8. The van der Waals surface area contributed by atoms with E-state index in [1.807, 2.05) is 18.2 Å². The topological polar surface area (TPSA) is 113 Å². The van der Waals surface area contributed by atoms with Crippen molar-refractivity contribution in [1.82, 2.24) is 4.90 Å². The number of sulfonamides is 1. The highest BCUT2D eigenvalue weighted by Crippen LogP contribution is 2.36. The van der Waals surface area contributed by atoms with Crippen molar-refractivity contribution in [2.24, 2.45) is 0 Å². The van der Waals surface area contributed by atoms with E-state index in [-0.39, 0.29) is 27.0 Å². The van der Waals surface area contributed by atoms with Crippen LogP contribution >= 0.6 is 23.2 Å². The summed E-state index contributed by atoms with van der Waals surface area (Å²) in [5.41, 5.74) is 0.930. The number of amides is 1. The zero-order valence-corrected chi connectivity index (χ0v) is 23.5. The second kappa shape index (κ2) is 11.7. The highest BCUT2D eigenvalue weighted by molar-refractivity contribution is 7.92.